The number of carbonyl (C=O) groups is 3. The molecule has 2 aromatic rings. The molecule has 35 heavy (non-hydrogen) atoms. The van der Waals surface area contributed by atoms with Crippen LogP contribution in [0.4, 0.5) is 4.79 Å². The highest BCUT2D eigenvalue weighted by molar-refractivity contribution is 6.37. The molecule has 3 rings (SSSR count). The third-order valence-electron chi connectivity index (χ3n) is 4.89. The molecule has 1 fully saturated rings. The molecule has 0 unspecified atom stereocenters. The summed E-state index contributed by atoms with van der Waals surface area (Å²) >= 11 is 12.5. The first-order valence-electron chi connectivity index (χ1n) is 10.7. The van der Waals surface area contributed by atoms with Crippen molar-refractivity contribution in [3.63, 3.8) is 0 Å². The van der Waals surface area contributed by atoms with Crippen LogP contribution in [0.3, 0.4) is 0 Å². The van der Waals surface area contributed by atoms with E-state index in [1.54, 1.807) is 24.3 Å². The van der Waals surface area contributed by atoms with Crippen molar-refractivity contribution < 1.29 is 28.6 Å². The number of imide groups is 2. The topological polar surface area (TPSA) is 94.2 Å². The van der Waals surface area contributed by atoms with E-state index in [2.05, 4.69) is 11.9 Å². The van der Waals surface area contributed by atoms with Gasteiger partial charge in [-0.1, -0.05) is 48.8 Å². The zero-order valence-electron chi connectivity index (χ0n) is 19.2. The summed E-state index contributed by atoms with van der Waals surface area (Å²) in [7, 11) is 1.50. The number of nitrogens with one attached hydrogen (secondary N) is 1. The fourth-order valence-electron chi connectivity index (χ4n) is 3.27. The summed E-state index contributed by atoms with van der Waals surface area (Å²) in [6.45, 7) is 6.19. The predicted molar refractivity (Wildman–Crippen MR) is 133 cm³/mol. The number of urea groups is 1. The van der Waals surface area contributed by atoms with Crippen LogP contribution in [0.1, 0.15) is 24.5 Å². The largest absolute Gasteiger partial charge is 0.493 e. The summed E-state index contributed by atoms with van der Waals surface area (Å²) in [6, 6.07) is 7.27. The lowest BCUT2D eigenvalue weighted by molar-refractivity contribution is -0.130. The van der Waals surface area contributed by atoms with E-state index in [0.717, 1.165) is 11.3 Å². The van der Waals surface area contributed by atoms with Crippen LogP contribution in [0, 0.1) is 0 Å². The molecule has 0 atom stereocenters. The van der Waals surface area contributed by atoms with Gasteiger partial charge in [0.05, 0.1) is 30.3 Å². The summed E-state index contributed by atoms with van der Waals surface area (Å²) in [5, 5.41) is 2.58. The van der Waals surface area contributed by atoms with Crippen LogP contribution in [0.5, 0.6) is 17.2 Å². The number of benzene rings is 2. The normalized spacial score (nSPS) is 14.7. The molecule has 1 aliphatic rings. The van der Waals surface area contributed by atoms with Crippen molar-refractivity contribution in [2.45, 2.75) is 19.9 Å². The van der Waals surface area contributed by atoms with E-state index >= 15 is 0 Å². The standard InChI is InChI=1S/C25H24Cl2N2O6/c1-4-8-34-20-7-6-15(13-21(20)33-3)14-29-24(31)17(23(30)28-25(29)32)10-16-11-18(26)22(19(27)12-16)35-9-5-2/h5-7,10-13H,2,4,8-9,14H2,1,3H3,(H,28,30,32)/b17-10+. The summed E-state index contributed by atoms with van der Waals surface area (Å²) in [5.74, 6) is -0.306. The SMILES string of the molecule is C=CCOc1c(Cl)cc(/C=C2\C(=O)NC(=O)N(Cc3ccc(OCCC)c(OC)c3)C2=O)cc1Cl. The Bertz CT molecular complexity index is 1170. The average molecular weight is 519 g/mol. The molecule has 10 heteroatoms. The van der Waals surface area contributed by atoms with Crippen LogP contribution >= 0.6 is 23.2 Å². The highest BCUT2D eigenvalue weighted by Crippen LogP contribution is 2.35. The lowest BCUT2D eigenvalue weighted by Gasteiger charge is -2.26. The van der Waals surface area contributed by atoms with Crippen molar-refractivity contribution in [3.05, 3.63) is 69.7 Å². The molecular formula is C25H24Cl2N2O6. The molecule has 0 spiro atoms. The third kappa shape index (κ3) is 6.15. The molecule has 1 N–H and O–H groups in total. The average Bonchev–Trinajstić information content (AvgIpc) is 2.83. The van der Waals surface area contributed by atoms with E-state index in [9.17, 15) is 14.4 Å². The fourth-order valence-corrected chi connectivity index (χ4v) is 3.88. The smallest absolute Gasteiger partial charge is 0.331 e. The van der Waals surface area contributed by atoms with E-state index in [0.29, 0.717) is 29.2 Å². The van der Waals surface area contributed by atoms with Crippen LogP contribution in [0.25, 0.3) is 6.08 Å². The highest BCUT2D eigenvalue weighted by Gasteiger charge is 2.36. The third-order valence-corrected chi connectivity index (χ3v) is 5.45. The van der Waals surface area contributed by atoms with E-state index < -0.39 is 17.8 Å². The van der Waals surface area contributed by atoms with Gasteiger partial charge in [0.25, 0.3) is 11.8 Å². The highest BCUT2D eigenvalue weighted by atomic mass is 35.5. The maximum atomic E-state index is 13.1. The minimum atomic E-state index is -0.827. The second-order valence-corrected chi connectivity index (χ2v) is 8.27. The molecule has 0 aromatic heterocycles. The zero-order chi connectivity index (χ0) is 25.5. The summed E-state index contributed by atoms with van der Waals surface area (Å²) in [6.07, 6.45) is 3.69. The van der Waals surface area contributed by atoms with E-state index in [1.807, 2.05) is 6.92 Å². The lowest BCUT2D eigenvalue weighted by atomic mass is 10.1. The van der Waals surface area contributed by atoms with Gasteiger partial charge in [-0.2, -0.15) is 0 Å². The molecule has 0 bridgehead atoms. The van der Waals surface area contributed by atoms with Crippen molar-refractivity contribution in [2.75, 3.05) is 20.3 Å². The molecule has 0 aliphatic carbocycles. The minimum absolute atomic E-state index is 0.0878. The molecule has 184 valence electrons. The molecular weight excluding hydrogens is 495 g/mol. The maximum absolute atomic E-state index is 13.1. The van der Waals surface area contributed by atoms with Gasteiger partial charge >= 0.3 is 6.03 Å². The molecule has 1 heterocycles. The van der Waals surface area contributed by atoms with Crippen molar-refractivity contribution in [1.29, 1.82) is 0 Å². The first-order chi connectivity index (χ1) is 16.8. The Hall–Kier alpha value is -3.49. The Morgan fingerprint density at radius 1 is 1.06 bits per heavy atom. The van der Waals surface area contributed by atoms with Crippen LogP contribution in [0.2, 0.25) is 10.0 Å². The lowest BCUT2D eigenvalue weighted by Crippen LogP contribution is -2.53. The fraction of sp³-hybridized carbons (Fsp3) is 0.240. The molecule has 8 nitrogen and oxygen atoms in total. The van der Waals surface area contributed by atoms with Crippen LogP contribution in [-0.4, -0.2) is 43.1 Å². The predicted octanol–water partition coefficient (Wildman–Crippen LogP) is 5.02. The summed E-state index contributed by atoms with van der Waals surface area (Å²) < 4.78 is 16.4. The van der Waals surface area contributed by atoms with E-state index in [1.165, 1.54) is 25.3 Å². The molecule has 4 amide bonds. The number of hydrogen-bond donors (Lipinski definition) is 1. The Morgan fingerprint density at radius 2 is 1.77 bits per heavy atom. The second kappa shape index (κ2) is 11.8. The number of amides is 4. The van der Waals surface area contributed by atoms with Crippen molar-refractivity contribution in [3.8, 4) is 17.2 Å². The van der Waals surface area contributed by atoms with Crippen LogP contribution < -0.4 is 19.5 Å². The van der Waals surface area contributed by atoms with E-state index in [4.69, 9.17) is 37.4 Å². The number of barbiturate groups is 1. The first-order valence-corrected chi connectivity index (χ1v) is 11.5. The Kier molecular flexibility index (Phi) is 8.78. The zero-order valence-corrected chi connectivity index (χ0v) is 20.7. The molecule has 0 saturated carbocycles. The van der Waals surface area contributed by atoms with Gasteiger partial charge in [0, 0.05) is 0 Å². The van der Waals surface area contributed by atoms with Gasteiger partial charge in [0.15, 0.2) is 17.2 Å². The monoisotopic (exact) mass is 518 g/mol. The minimum Gasteiger partial charge on any atom is -0.493 e. The van der Waals surface area contributed by atoms with Crippen molar-refractivity contribution in [2.24, 2.45) is 0 Å². The van der Waals surface area contributed by atoms with Gasteiger partial charge < -0.3 is 14.2 Å². The maximum Gasteiger partial charge on any atom is 0.331 e. The molecule has 2 aromatic carbocycles. The van der Waals surface area contributed by atoms with Gasteiger partial charge in [-0.3, -0.25) is 19.8 Å². The first kappa shape index (κ1) is 26.1. The number of halogens is 2. The van der Waals surface area contributed by atoms with Gasteiger partial charge in [0.1, 0.15) is 12.2 Å². The van der Waals surface area contributed by atoms with Gasteiger partial charge in [0.2, 0.25) is 0 Å². The Morgan fingerprint density at radius 3 is 2.40 bits per heavy atom. The van der Waals surface area contributed by atoms with E-state index in [-0.39, 0.29) is 34.5 Å². The summed E-state index contributed by atoms with van der Waals surface area (Å²) in [4.78, 5) is 39.0. The molecule has 1 aliphatic heterocycles. The van der Waals surface area contributed by atoms with Gasteiger partial charge in [-0.25, -0.2) is 4.79 Å². The number of nitrogens with zero attached hydrogens (tertiary/aromatic N) is 1. The van der Waals surface area contributed by atoms with Gasteiger partial charge in [-0.05, 0) is 47.9 Å². The summed E-state index contributed by atoms with van der Waals surface area (Å²) in [5.41, 5.74) is 0.752. The molecule has 0 radical (unpaired) electrons. The number of hydrogen-bond acceptors (Lipinski definition) is 6. The van der Waals surface area contributed by atoms with Crippen LogP contribution in [-0.2, 0) is 16.1 Å². The Labute approximate surface area is 213 Å². The number of ether oxygens (including phenoxy) is 3. The van der Waals surface area contributed by atoms with Crippen molar-refractivity contribution in [1.82, 2.24) is 10.2 Å². The van der Waals surface area contributed by atoms with Crippen LogP contribution in [0.15, 0.2) is 48.6 Å². The number of rotatable bonds is 10. The number of carbonyl (C=O) groups excluding carboxylic acids is 3. The second-order valence-electron chi connectivity index (χ2n) is 7.46. The van der Waals surface area contributed by atoms with Gasteiger partial charge in [-0.15, -0.1) is 0 Å². The molecule has 1 saturated heterocycles. The van der Waals surface area contributed by atoms with Crippen molar-refractivity contribution >= 4 is 47.1 Å². The quantitative estimate of drug-likeness (QED) is 0.269. The Balaban J connectivity index is 1.87. The number of methoxy groups -OCH3 is 1.